The summed E-state index contributed by atoms with van der Waals surface area (Å²) in [6.45, 7) is 0.371. The topological polar surface area (TPSA) is 21.3 Å². The zero-order valence-electron chi connectivity index (χ0n) is 9.58. The molecule has 0 radical (unpaired) electrons. The Bertz CT molecular complexity index is 342. The number of benzene rings is 1. The van der Waals surface area contributed by atoms with Crippen LogP contribution in [0.4, 0.5) is 4.39 Å². The zero-order chi connectivity index (χ0) is 11.4. The number of ether oxygens (including phenoxy) is 1. The Morgan fingerprint density at radius 2 is 2.19 bits per heavy atom. The van der Waals surface area contributed by atoms with Gasteiger partial charge in [-0.1, -0.05) is 18.2 Å². The van der Waals surface area contributed by atoms with E-state index in [-0.39, 0.29) is 11.9 Å². The van der Waals surface area contributed by atoms with Crippen LogP contribution in [-0.4, -0.2) is 19.2 Å². The first-order valence-corrected chi connectivity index (χ1v) is 5.83. The van der Waals surface area contributed by atoms with E-state index in [4.69, 9.17) is 4.74 Å². The third-order valence-corrected chi connectivity index (χ3v) is 3.23. The van der Waals surface area contributed by atoms with Crippen molar-refractivity contribution < 1.29 is 9.13 Å². The molecule has 0 aromatic heterocycles. The molecule has 1 saturated carbocycles. The third-order valence-electron chi connectivity index (χ3n) is 3.23. The van der Waals surface area contributed by atoms with Crippen LogP contribution in [0.3, 0.4) is 0 Å². The Hall–Kier alpha value is -0.930. The van der Waals surface area contributed by atoms with E-state index in [1.54, 1.807) is 12.1 Å². The molecule has 1 fully saturated rings. The average molecular weight is 223 g/mol. The Labute approximate surface area is 95.8 Å². The molecule has 88 valence electrons. The van der Waals surface area contributed by atoms with E-state index in [1.165, 1.54) is 12.5 Å². The molecule has 1 aromatic rings. The second-order valence-electron chi connectivity index (χ2n) is 4.27. The monoisotopic (exact) mass is 223 g/mol. The lowest BCUT2D eigenvalue weighted by Gasteiger charge is -2.19. The fourth-order valence-corrected chi connectivity index (χ4v) is 2.27. The Kier molecular flexibility index (Phi) is 3.91. The maximum absolute atomic E-state index is 13.3. The average Bonchev–Trinajstić information content (AvgIpc) is 2.75. The van der Waals surface area contributed by atoms with Crippen molar-refractivity contribution >= 4 is 0 Å². The first-order valence-electron chi connectivity index (χ1n) is 5.83. The van der Waals surface area contributed by atoms with Crippen molar-refractivity contribution in [3.63, 3.8) is 0 Å². The van der Waals surface area contributed by atoms with Crippen LogP contribution in [-0.2, 0) is 11.3 Å². The normalized spacial score (nSPS) is 24.9. The van der Waals surface area contributed by atoms with Crippen LogP contribution in [0.5, 0.6) is 0 Å². The Balaban J connectivity index is 1.90. The van der Waals surface area contributed by atoms with Gasteiger partial charge in [0, 0.05) is 11.6 Å². The summed E-state index contributed by atoms with van der Waals surface area (Å²) in [5.74, 6) is -0.179. The van der Waals surface area contributed by atoms with Crippen LogP contribution in [0, 0.1) is 5.82 Å². The van der Waals surface area contributed by atoms with Gasteiger partial charge < -0.3 is 10.1 Å². The summed E-state index contributed by atoms with van der Waals surface area (Å²) in [6, 6.07) is 7.21. The van der Waals surface area contributed by atoms with Crippen LogP contribution in [0.25, 0.3) is 0 Å². The molecule has 1 aromatic carbocycles. The SMILES string of the molecule is CNC1CCCC1OCc1ccccc1F. The van der Waals surface area contributed by atoms with E-state index in [2.05, 4.69) is 5.32 Å². The molecular formula is C13H18FNO. The number of hydrogen-bond donors (Lipinski definition) is 1. The smallest absolute Gasteiger partial charge is 0.128 e. The van der Waals surface area contributed by atoms with Crippen LogP contribution in [0.15, 0.2) is 24.3 Å². The third kappa shape index (κ3) is 2.60. The van der Waals surface area contributed by atoms with Gasteiger partial charge in [0.2, 0.25) is 0 Å². The maximum atomic E-state index is 13.3. The number of rotatable bonds is 4. The zero-order valence-corrected chi connectivity index (χ0v) is 9.58. The summed E-state index contributed by atoms with van der Waals surface area (Å²) in [5.41, 5.74) is 0.643. The summed E-state index contributed by atoms with van der Waals surface area (Å²) < 4.78 is 19.1. The van der Waals surface area contributed by atoms with Crippen molar-refractivity contribution in [3.8, 4) is 0 Å². The second-order valence-corrected chi connectivity index (χ2v) is 4.27. The van der Waals surface area contributed by atoms with Gasteiger partial charge in [0.05, 0.1) is 12.7 Å². The van der Waals surface area contributed by atoms with Crippen molar-refractivity contribution in [2.45, 2.75) is 38.0 Å². The fraction of sp³-hybridized carbons (Fsp3) is 0.538. The summed E-state index contributed by atoms with van der Waals surface area (Å²) in [6.07, 6.45) is 3.64. The van der Waals surface area contributed by atoms with Gasteiger partial charge in [-0.25, -0.2) is 4.39 Å². The minimum absolute atomic E-state index is 0.179. The predicted octanol–water partition coefficient (Wildman–Crippen LogP) is 2.48. The lowest BCUT2D eigenvalue weighted by atomic mass is 10.2. The molecule has 16 heavy (non-hydrogen) atoms. The first kappa shape index (κ1) is 11.6. The van der Waals surface area contributed by atoms with Crippen LogP contribution >= 0.6 is 0 Å². The van der Waals surface area contributed by atoms with Gasteiger partial charge in [0.1, 0.15) is 5.82 Å². The number of hydrogen-bond acceptors (Lipinski definition) is 2. The highest BCUT2D eigenvalue weighted by Crippen LogP contribution is 2.23. The van der Waals surface area contributed by atoms with Crippen molar-refractivity contribution in [2.75, 3.05) is 7.05 Å². The summed E-state index contributed by atoms with van der Waals surface area (Å²) in [4.78, 5) is 0. The van der Waals surface area contributed by atoms with E-state index in [9.17, 15) is 4.39 Å². The summed E-state index contributed by atoms with van der Waals surface area (Å²) in [7, 11) is 1.95. The molecule has 1 aliphatic carbocycles. The van der Waals surface area contributed by atoms with Gasteiger partial charge in [-0.15, -0.1) is 0 Å². The summed E-state index contributed by atoms with van der Waals surface area (Å²) >= 11 is 0. The van der Waals surface area contributed by atoms with Gasteiger partial charge in [-0.3, -0.25) is 0 Å². The molecular weight excluding hydrogens is 205 g/mol. The second kappa shape index (κ2) is 5.41. The van der Waals surface area contributed by atoms with Gasteiger partial charge in [0.15, 0.2) is 0 Å². The van der Waals surface area contributed by atoms with Gasteiger partial charge in [-0.05, 0) is 32.4 Å². The molecule has 0 bridgehead atoms. The van der Waals surface area contributed by atoms with Crippen LogP contribution < -0.4 is 5.32 Å². The highest BCUT2D eigenvalue weighted by molar-refractivity contribution is 5.16. The maximum Gasteiger partial charge on any atom is 0.128 e. The molecule has 2 nitrogen and oxygen atoms in total. The van der Waals surface area contributed by atoms with Crippen LogP contribution in [0.2, 0.25) is 0 Å². The predicted molar refractivity (Wildman–Crippen MR) is 61.7 cm³/mol. The van der Waals surface area contributed by atoms with Crippen molar-refractivity contribution in [1.29, 1.82) is 0 Å². The Morgan fingerprint density at radius 3 is 2.94 bits per heavy atom. The summed E-state index contributed by atoms with van der Waals surface area (Å²) in [5, 5.41) is 3.25. The molecule has 0 amide bonds. The van der Waals surface area contributed by atoms with E-state index >= 15 is 0 Å². The number of halogens is 1. The van der Waals surface area contributed by atoms with Gasteiger partial charge in [0.25, 0.3) is 0 Å². The quantitative estimate of drug-likeness (QED) is 0.846. The highest BCUT2D eigenvalue weighted by atomic mass is 19.1. The molecule has 1 N–H and O–H groups in total. The lowest BCUT2D eigenvalue weighted by molar-refractivity contribution is 0.0281. The molecule has 0 saturated heterocycles. The van der Waals surface area contributed by atoms with E-state index in [1.807, 2.05) is 13.1 Å². The molecule has 0 spiro atoms. The van der Waals surface area contributed by atoms with E-state index in [0.717, 1.165) is 12.8 Å². The Morgan fingerprint density at radius 1 is 1.38 bits per heavy atom. The molecule has 2 unspecified atom stereocenters. The molecule has 0 aliphatic heterocycles. The van der Waals surface area contributed by atoms with Crippen LogP contribution in [0.1, 0.15) is 24.8 Å². The number of nitrogens with one attached hydrogen (secondary N) is 1. The fourth-order valence-electron chi connectivity index (χ4n) is 2.27. The molecule has 3 heteroatoms. The first-order chi connectivity index (χ1) is 7.81. The molecule has 2 rings (SSSR count). The largest absolute Gasteiger partial charge is 0.372 e. The van der Waals surface area contributed by atoms with Crippen molar-refractivity contribution in [2.24, 2.45) is 0 Å². The molecule has 1 aliphatic rings. The standard InChI is InChI=1S/C13H18FNO/c1-15-12-7-4-8-13(12)16-9-10-5-2-3-6-11(10)14/h2-3,5-6,12-13,15H,4,7-9H2,1H3. The van der Waals surface area contributed by atoms with E-state index < -0.39 is 0 Å². The highest BCUT2D eigenvalue weighted by Gasteiger charge is 2.26. The van der Waals surface area contributed by atoms with Gasteiger partial charge >= 0.3 is 0 Å². The number of likely N-dealkylation sites (N-methyl/N-ethyl adjacent to an activating group) is 1. The minimum Gasteiger partial charge on any atom is -0.372 e. The van der Waals surface area contributed by atoms with Gasteiger partial charge in [-0.2, -0.15) is 0 Å². The lowest BCUT2D eigenvalue weighted by Crippen LogP contribution is -2.34. The van der Waals surface area contributed by atoms with Crippen molar-refractivity contribution in [3.05, 3.63) is 35.6 Å². The van der Waals surface area contributed by atoms with Crippen molar-refractivity contribution in [1.82, 2.24) is 5.32 Å². The minimum atomic E-state index is -0.179. The van der Waals surface area contributed by atoms with E-state index in [0.29, 0.717) is 18.2 Å². The molecule has 0 heterocycles. The molecule has 2 atom stereocenters.